The van der Waals surface area contributed by atoms with Crippen LogP contribution in [0.15, 0.2) is 23.4 Å². The van der Waals surface area contributed by atoms with E-state index in [0.29, 0.717) is 0 Å². The molecule has 21 heavy (non-hydrogen) atoms. The summed E-state index contributed by atoms with van der Waals surface area (Å²) in [5.74, 6) is 5.32. The first-order valence-corrected chi connectivity index (χ1v) is 7.74. The van der Waals surface area contributed by atoms with E-state index in [9.17, 15) is 8.42 Å². The third-order valence-electron chi connectivity index (χ3n) is 3.33. The van der Waals surface area contributed by atoms with Crippen molar-refractivity contribution in [1.29, 1.82) is 0 Å². The highest BCUT2D eigenvalue weighted by atomic mass is 32.2. The molecule has 0 spiro atoms. The lowest BCUT2D eigenvalue weighted by Gasteiger charge is -2.10. The lowest BCUT2D eigenvalue weighted by Crippen LogP contribution is -2.25. The van der Waals surface area contributed by atoms with E-state index in [1.165, 1.54) is 18.5 Å². The molecule has 0 bridgehead atoms. The van der Waals surface area contributed by atoms with Gasteiger partial charge in [0.05, 0.1) is 11.4 Å². The van der Waals surface area contributed by atoms with Crippen molar-refractivity contribution in [2.75, 3.05) is 5.43 Å². The first-order chi connectivity index (χ1) is 9.86. The number of aromatic nitrogens is 3. The van der Waals surface area contributed by atoms with Crippen LogP contribution in [0.3, 0.4) is 0 Å². The second-order valence-corrected chi connectivity index (χ2v) is 6.35. The van der Waals surface area contributed by atoms with E-state index >= 15 is 0 Å². The Bertz CT molecular complexity index is 753. The number of pyridine rings is 1. The predicted molar refractivity (Wildman–Crippen MR) is 78.8 cm³/mol. The highest BCUT2D eigenvalue weighted by molar-refractivity contribution is 7.89. The van der Waals surface area contributed by atoms with Gasteiger partial charge in [0.1, 0.15) is 4.90 Å². The highest BCUT2D eigenvalue weighted by Gasteiger charge is 2.20. The summed E-state index contributed by atoms with van der Waals surface area (Å²) in [6.07, 6.45) is 2.71. The number of nitrogen functional groups attached to an aromatic ring is 1. The minimum absolute atomic E-state index is 0.00620. The highest BCUT2D eigenvalue weighted by Crippen LogP contribution is 2.19. The van der Waals surface area contributed by atoms with E-state index in [0.717, 1.165) is 17.0 Å². The second kappa shape index (κ2) is 5.80. The normalized spacial score (nSPS) is 11.6. The molecule has 0 aliphatic rings. The zero-order valence-electron chi connectivity index (χ0n) is 12.1. The summed E-state index contributed by atoms with van der Waals surface area (Å²) in [6, 6.07) is 1.50. The Hall–Kier alpha value is -1.97. The molecule has 0 atom stereocenters. The molecule has 0 amide bonds. The molecule has 2 heterocycles. The van der Waals surface area contributed by atoms with Gasteiger partial charge in [-0.2, -0.15) is 5.10 Å². The molecule has 2 aromatic heterocycles. The number of rotatable bonds is 5. The Kier molecular flexibility index (Phi) is 4.26. The minimum Gasteiger partial charge on any atom is -0.323 e. The van der Waals surface area contributed by atoms with Gasteiger partial charge in [0.2, 0.25) is 10.0 Å². The number of hydrogen-bond acceptors (Lipinski definition) is 6. The zero-order chi connectivity index (χ0) is 15.6. The summed E-state index contributed by atoms with van der Waals surface area (Å²) < 4.78 is 28.9. The summed E-state index contributed by atoms with van der Waals surface area (Å²) in [4.78, 5) is 3.83. The standard InChI is InChI=1S/C12H18N6O2S/c1-8-10(9(2)18(3)17-8)6-15-21(19,20)12-7-14-5-4-11(12)16-13/h4-5,7,15H,6,13H2,1-3H3,(H,14,16). The molecule has 0 saturated heterocycles. The number of sulfonamides is 1. The van der Waals surface area contributed by atoms with Crippen molar-refractivity contribution in [3.63, 3.8) is 0 Å². The summed E-state index contributed by atoms with van der Waals surface area (Å²) in [5.41, 5.74) is 5.20. The van der Waals surface area contributed by atoms with Crippen LogP contribution in [0.2, 0.25) is 0 Å². The molecule has 0 aliphatic carbocycles. The fourth-order valence-corrected chi connectivity index (χ4v) is 3.14. The maximum absolute atomic E-state index is 12.3. The third-order valence-corrected chi connectivity index (χ3v) is 4.76. The Morgan fingerprint density at radius 1 is 1.38 bits per heavy atom. The van der Waals surface area contributed by atoms with Crippen molar-refractivity contribution in [3.8, 4) is 0 Å². The fourth-order valence-electron chi connectivity index (χ4n) is 2.03. The molecular formula is C12H18N6O2S. The van der Waals surface area contributed by atoms with Crippen molar-refractivity contribution in [2.45, 2.75) is 25.3 Å². The SMILES string of the molecule is Cc1nn(C)c(C)c1CNS(=O)(=O)c1cnccc1NN. The average molecular weight is 310 g/mol. The quantitative estimate of drug-likeness (QED) is 0.536. The average Bonchev–Trinajstić information content (AvgIpc) is 2.70. The largest absolute Gasteiger partial charge is 0.323 e. The monoisotopic (exact) mass is 310 g/mol. The molecule has 0 fully saturated rings. The Morgan fingerprint density at radius 3 is 2.67 bits per heavy atom. The number of nitrogens with zero attached hydrogens (tertiary/aromatic N) is 3. The van der Waals surface area contributed by atoms with E-state index in [1.807, 2.05) is 20.9 Å². The maximum Gasteiger partial charge on any atom is 0.244 e. The summed E-state index contributed by atoms with van der Waals surface area (Å²) in [5, 5.41) is 4.25. The fraction of sp³-hybridized carbons (Fsp3) is 0.333. The number of anilines is 1. The second-order valence-electron chi connectivity index (χ2n) is 4.61. The van der Waals surface area contributed by atoms with Crippen molar-refractivity contribution in [1.82, 2.24) is 19.5 Å². The summed E-state index contributed by atoms with van der Waals surface area (Å²) in [6.45, 7) is 3.89. The van der Waals surface area contributed by atoms with Crippen LogP contribution in [-0.2, 0) is 23.6 Å². The first kappa shape index (κ1) is 15.4. The van der Waals surface area contributed by atoms with E-state index < -0.39 is 10.0 Å². The molecule has 8 nitrogen and oxygen atoms in total. The third kappa shape index (κ3) is 3.04. The predicted octanol–water partition coefficient (Wildman–Crippen LogP) is 0.196. The number of nitrogens with two attached hydrogens (primary N) is 1. The summed E-state index contributed by atoms with van der Waals surface area (Å²) in [7, 11) is -1.90. The molecule has 0 saturated carbocycles. The van der Waals surface area contributed by atoms with Gasteiger partial charge in [-0.15, -0.1) is 0 Å². The van der Waals surface area contributed by atoms with Gasteiger partial charge in [0, 0.05) is 37.2 Å². The number of aryl methyl sites for hydroxylation is 2. The van der Waals surface area contributed by atoms with E-state index in [1.54, 1.807) is 4.68 Å². The van der Waals surface area contributed by atoms with Crippen LogP contribution in [0.1, 0.15) is 17.0 Å². The minimum atomic E-state index is -3.72. The first-order valence-electron chi connectivity index (χ1n) is 6.26. The van der Waals surface area contributed by atoms with Crippen LogP contribution in [0.25, 0.3) is 0 Å². The van der Waals surface area contributed by atoms with Crippen molar-refractivity contribution in [3.05, 3.63) is 35.4 Å². The lowest BCUT2D eigenvalue weighted by molar-refractivity contribution is 0.581. The lowest BCUT2D eigenvalue weighted by atomic mass is 10.2. The van der Waals surface area contributed by atoms with Gasteiger partial charge >= 0.3 is 0 Å². The van der Waals surface area contributed by atoms with Gasteiger partial charge in [-0.3, -0.25) is 15.5 Å². The molecule has 4 N–H and O–H groups in total. The molecule has 114 valence electrons. The van der Waals surface area contributed by atoms with Gasteiger partial charge in [0.25, 0.3) is 0 Å². The van der Waals surface area contributed by atoms with Crippen LogP contribution in [0.5, 0.6) is 0 Å². The molecule has 9 heteroatoms. The van der Waals surface area contributed by atoms with Gasteiger partial charge in [-0.1, -0.05) is 0 Å². The van der Waals surface area contributed by atoms with Gasteiger partial charge in [0.15, 0.2) is 0 Å². The van der Waals surface area contributed by atoms with Crippen LogP contribution in [-0.4, -0.2) is 23.2 Å². The van der Waals surface area contributed by atoms with Gasteiger partial charge < -0.3 is 5.43 Å². The molecule has 0 unspecified atom stereocenters. The Morgan fingerprint density at radius 2 is 2.10 bits per heavy atom. The topological polar surface area (TPSA) is 115 Å². The Labute approximate surface area is 123 Å². The van der Waals surface area contributed by atoms with E-state index in [2.05, 4.69) is 20.2 Å². The molecule has 0 aromatic carbocycles. The summed E-state index contributed by atoms with van der Waals surface area (Å²) >= 11 is 0. The zero-order valence-corrected chi connectivity index (χ0v) is 12.9. The molecular weight excluding hydrogens is 292 g/mol. The van der Waals surface area contributed by atoms with E-state index in [4.69, 9.17) is 5.84 Å². The number of nitrogens with one attached hydrogen (secondary N) is 2. The van der Waals surface area contributed by atoms with Crippen molar-refractivity contribution in [2.24, 2.45) is 12.9 Å². The van der Waals surface area contributed by atoms with Crippen LogP contribution in [0.4, 0.5) is 5.69 Å². The van der Waals surface area contributed by atoms with E-state index in [-0.39, 0.29) is 17.1 Å². The van der Waals surface area contributed by atoms with Gasteiger partial charge in [-0.25, -0.2) is 13.1 Å². The number of hydrogen-bond donors (Lipinski definition) is 3. The molecule has 2 aromatic rings. The smallest absolute Gasteiger partial charge is 0.244 e. The Balaban J connectivity index is 2.26. The van der Waals surface area contributed by atoms with Crippen LogP contribution < -0.4 is 16.0 Å². The molecule has 0 radical (unpaired) electrons. The van der Waals surface area contributed by atoms with Crippen LogP contribution in [0, 0.1) is 13.8 Å². The number of hydrazine groups is 1. The van der Waals surface area contributed by atoms with Crippen molar-refractivity contribution < 1.29 is 8.42 Å². The molecule has 2 rings (SSSR count). The van der Waals surface area contributed by atoms with Gasteiger partial charge in [-0.05, 0) is 19.9 Å². The van der Waals surface area contributed by atoms with Crippen molar-refractivity contribution >= 4 is 15.7 Å². The van der Waals surface area contributed by atoms with Crippen LogP contribution >= 0.6 is 0 Å². The molecule has 0 aliphatic heterocycles. The maximum atomic E-state index is 12.3.